The molecule has 1 unspecified atom stereocenters. The number of carbonyl (C=O) groups is 1. The Hall–Kier alpha value is -2.71. The molecule has 1 aromatic rings. The first-order chi connectivity index (χ1) is 9.27. The van der Waals surface area contributed by atoms with Crippen LogP contribution in [0.1, 0.15) is 30.6 Å². The topological polar surface area (TPSA) is 141 Å². The molecular formula is C11H14N4O5. The first-order valence-corrected chi connectivity index (χ1v) is 5.81. The molecule has 0 fully saturated rings. The zero-order valence-electron chi connectivity index (χ0n) is 11.0. The highest BCUT2D eigenvalue weighted by atomic mass is 16.6. The summed E-state index contributed by atoms with van der Waals surface area (Å²) in [5.74, 6) is -0.966. The molecule has 1 amide bonds. The van der Waals surface area contributed by atoms with E-state index in [0.717, 1.165) is 12.1 Å². The van der Waals surface area contributed by atoms with Crippen LogP contribution in [0.25, 0.3) is 0 Å². The van der Waals surface area contributed by atoms with Gasteiger partial charge in [-0.15, -0.1) is 0 Å². The van der Waals surface area contributed by atoms with Crippen molar-refractivity contribution in [3.8, 4) is 0 Å². The second-order valence-electron chi connectivity index (χ2n) is 4.22. The summed E-state index contributed by atoms with van der Waals surface area (Å²) in [5, 5.41) is 24.8. The second-order valence-corrected chi connectivity index (χ2v) is 4.22. The van der Waals surface area contributed by atoms with Gasteiger partial charge < -0.3 is 11.1 Å². The van der Waals surface area contributed by atoms with Crippen molar-refractivity contribution in [3.63, 3.8) is 0 Å². The predicted molar refractivity (Wildman–Crippen MR) is 71.6 cm³/mol. The second kappa shape index (κ2) is 5.95. The number of hydrogen-bond acceptors (Lipinski definition) is 6. The molecular weight excluding hydrogens is 268 g/mol. The maximum Gasteiger partial charge on any atom is 0.300 e. The molecule has 108 valence electrons. The van der Waals surface area contributed by atoms with E-state index in [4.69, 9.17) is 5.73 Å². The number of rotatable bonds is 6. The molecule has 0 aliphatic carbocycles. The monoisotopic (exact) mass is 282 g/mol. The molecule has 9 nitrogen and oxygen atoms in total. The number of nitrogens with one attached hydrogen (secondary N) is 1. The summed E-state index contributed by atoms with van der Waals surface area (Å²) >= 11 is 0. The third kappa shape index (κ3) is 3.19. The van der Waals surface area contributed by atoms with Gasteiger partial charge >= 0.3 is 0 Å². The first kappa shape index (κ1) is 15.3. The van der Waals surface area contributed by atoms with E-state index in [2.05, 4.69) is 5.32 Å². The molecule has 20 heavy (non-hydrogen) atoms. The van der Waals surface area contributed by atoms with Crippen LogP contribution in [0.2, 0.25) is 0 Å². The summed E-state index contributed by atoms with van der Waals surface area (Å²) in [5.41, 5.74) is 3.43. The van der Waals surface area contributed by atoms with Gasteiger partial charge in [-0.3, -0.25) is 25.0 Å². The van der Waals surface area contributed by atoms with Gasteiger partial charge in [-0.05, 0) is 13.3 Å². The fraction of sp³-hybridized carbons (Fsp3) is 0.364. The number of nitro groups is 2. The molecule has 0 heterocycles. The predicted octanol–water partition coefficient (Wildman–Crippen LogP) is 1.81. The Morgan fingerprint density at radius 2 is 1.75 bits per heavy atom. The van der Waals surface area contributed by atoms with E-state index in [1.165, 1.54) is 0 Å². The minimum absolute atomic E-state index is 0.202. The van der Waals surface area contributed by atoms with E-state index >= 15 is 0 Å². The van der Waals surface area contributed by atoms with Gasteiger partial charge in [-0.2, -0.15) is 0 Å². The van der Waals surface area contributed by atoms with E-state index in [0.29, 0.717) is 6.42 Å². The lowest BCUT2D eigenvalue weighted by Gasteiger charge is -2.13. The standard InChI is InChI=1S/C11H14N4O5/c1-3-6(2)13-10-8(14(17)18)4-7(11(12)16)5-9(10)15(19)20/h4-6,13H,3H2,1-2H3,(H2,12,16). The van der Waals surface area contributed by atoms with Crippen molar-refractivity contribution in [2.24, 2.45) is 5.73 Å². The summed E-state index contributed by atoms with van der Waals surface area (Å²) in [6.45, 7) is 3.56. The highest BCUT2D eigenvalue weighted by Crippen LogP contribution is 2.36. The smallest absolute Gasteiger partial charge is 0.300 e. The molecule has 1 atom stereocenters. The molecule has 3 N–H and O–H groups in total. The van der Waals surface area contributed by atoms with Crippen molar-refractivity contribution in [2.75, 3.05) is 5.32 Å². The minimum atomic E-state index is -0.966. The fourth-order valence-electron chi connectivity index (χ4n) is 1.54. The highest BCUT2D eigenvalue weighted by molar-refractivity contribution is 5.96. The normalized spacial score (nSPS) is 11.7. The van der Waals surface area contributed by atoms with Crippen LogP contribution in [0.4, 0.5) is 17.1 Å². The Balaban J connectivity index is 3.55. The van der Waals surface area contributed by atoms with Crippen molar-refractivity contribution in [3.05, 3.63) is 37.9 Å². The zero-order chi connectivity index (χ0) is 15.4. The zero-order valence-corrected chi connectivity index (χ0v) is 11.0. The number of benzene rings is 1. The van der Waals surface area contributed by atoms with Crippen molar-refractivity contribution >= 4 is 23.0 Å². The molecule has 1 rings (SSSR count). The number of carbonyl (C=O) groups excluding carboxylic acids is 1. The van der Waals surface area contributed by atoms with Crippen molar-refractivity contribution in [1.82, 2.24) is 0 Å². The molecule has 1 aromatic carbocycles. The van der Waals surface area contributed by atoms with E-state index in [9.17, 15) is 25.0 Å². The number of anilines is 1. The molecule has 0 radical (unpaired) electrons. The summed E-state index contributed by atoms with van der Waals surface area (Å²) < 4.78 is 0. The summed E-state index contributed by atoms with van der Waals surface area (Å²) in [6, 6.07) is 1.66. The summed E-state index contributed by atoms with van der Waals surface area (Å²) in [7, 11) is 0. The molecule has 0 saturated heterocycles. The van der Waals surface area contributed by atoms with Crippen LogP contribution < -0.4 is 11.1 Å². The number of nitrogens with two attached hydrogens (primary N) is 1. The number of nitrogens with zero attached hydrogens (tertiary/aromatic N) is 2. The van der Waals surface area contributed by atoms with Gasteiger partial charge in [0.2, 0.25) is 5.91 Å². The Morgan fingerprint density at radius 1 is 1.30 bits per heavy atom. The highest BCUT2D eigenvalue weighted by Gasteiger charge is 2.28. The lowest BCUT2D eigenvalue weighted by molar-refractivity contribution is -0.392. The van der Waals surface area contributed by atoms with E-state index in [1.807, 2.05) is 6.92 Å². The van der Waals surface area contributed by atoms with Gasteiger partial charge in [0, 0.05) is 18.2 Å². The Labute approximate surface area is 114 Å². The largest absolute Gasteiger partial charge is 0.371 e. The molecule has 0 bridgehead atoms. The minimum Gasteiger partial charge on any atom is -0.371 e. The number of nitro benzene ring substituents is 2. The molecule has 0 aromatic heterocycles. The Morgan fingerprint density at radius 3 is 2.05 bits per heavy atom. The first-order valence-electron chi connectivity index (χ1n) is 5.81. The Bertz CT molecular complexity index is 537. The third-order valence-electron chi connectivity index (χ3n) is 2.78. The number of amides is 1. The number of primary amides is 1. The SMILES string of the molecule is CCC(C)Nc1c([N+](=O)[O-])cc(C(N)=O)cc1[N+](=O)[O-]. The van der Waals surface area contributed by atoms with E-state index in [1.54, 1.807) is 6.92 Å². The van der Waals surface area contributed by atoms with Crippen LogP contribution >= 0.6 is 0 Å². The molecule has 0 aliphatic rings. The van der Waals surface area contributed by atoms with Gasteiger partial charge in [-0.25, -0.2) is 0 Å². The average molecular weight is 282 g/mol. The van der Waals surface area contributed by atoms with Gasteiger partial charge in [0.15, 0.2) is 5.69 Å². The molecule has 0 aliphatic heterocycles. The molecule has 0 spiro atoms. The van der Waals surface area contributed by atoms with Crippen molar-refractivity contribution in [1.29, 1.82) is 0 Å². The van der Waals surface area contributed by atoms with Crippen LogP contribution in [-0.2, 0) is 0 Å². The third-order valence-corrected chi connectivity index (χ3v) is 2.78. The molecule has 0 saturated carbocycles. The van der Waals surface area contributed by atoms with Gasteiger partial charge in [0.05, 0.1) is 15.4 Å². The maximum absolute atomic E-state index is 11.1. The van der Waals surface area contributed by atoms with E-state index in [-0.39, 0.29) is 17.3 Å². The average Bonchev–Trinajstić information content (AvgIpc) is 2.37. The van der Waals surface area contributed by atoms with Gasteiger partial charge in [0.25, 0.3) is 11.4 Å². The van der Waals surface area contributed by atoms with Gasteiger partial charge in [0.1, 0.15) is 0 Å². The van der Waals surface area contributed by atoms with Crippen LogP contribution in [0.15, 0.2) is 12.1 Å². The van der Waals surface area contributed by atoms with Crippen LogP contribution in [0.3, 0.4) is 0 Å². The van der Waals surface area contributed by atoms with Crippen LogP contribution in [0, 0.1) is 20.2 Å². The fourth-order valence-corrected chi connectivity index (χ4v) is 1.54. The molecule has 9 heteroatoms. The number of hydrogen-bond donors (Lipinski definition) is 2. The quantitative estimate of drug-likeness (QED) is 0.601. The maximum atomic E-state index is 11.1. The lowest BCUT2D eigenvalue weighted by atomic mass is 10.1. The van der Waals surface area contributed by atoms with Crippen molar-refractivity contribution < 1.29 is 14.6 Å². The lowest BCUT2D eigenvalue weighted by Crippen LogP contribution is -2.17. The van der Waals surface area contributed by atoms with Gasteiger partial charge in [-0.1, -0.05) is 6.92 Å². The Kier molecular flexibility index (Phi) is 4.57. The van der Waals surface area contributed by atoms with E-state index < -0.39 is 27.1 Å². The van der Waals surface area contributed by atoms with Crippen LogP contribution in [-0.4, -0.2) is 21.8 Å². The van der Waals surface area contributed by atoms with Crippen LogP contribution in [0.5, 0.6) is 0 Å². The summed E-state index contributed by atoms with van der Waals surface area (Å²) in [6.07, 6.45) is 0.617. The summed E-state index contributed by atoms with van der Waals surface area (Å²) in [4.78, 5) is 31.6. The van der Waals surface area contributed by atoms with Crippen molar-refractivity contribution in [2.45, 2.75) is 26.3 Å².